The molecule has 1 amide bonds. The second-order valence-electron chi connectivity index (χ2n) is 6.94. The van der Waals surface area contributed by atoms with Crippen LogP contribution in [0.2, 0.25) is 5.02 Å². The lowest BCUT2D eigenvalue weighted by Gasteiger charge is -2.25. The van der Waals surface area contributed by atoms with Crippen molar-refractivity contribution < 1.29 is 14.3 Å². The van der Waals surface area contributed by atoms with Crippen LogP contribution in [0.5, 0.6) is 5.75 Å². The molecule has 0 bridgehead atoms. The van der Waals surface area contributed by atoms with Gasteiger partial charge in [0.05, 0.1) is 12.3 Å². The lowest BCUT2D eigenvalue weighted by Crippen LogP contribution is -2.32. The Morgan fingerprint density at radius 3 is 2.58 bits per heavy atom. The first-order chi connectivity index (χ1) is 12.2. The number of hydrogen-bond donors (Lipinski definition) is 2. The second kappa shape index (κ2) is 10.2. The van der Waals surface area contributed by atoms with E-state index in [-0.39, 0.29) is 23.4 Å². The van der Waals surface area contributed by atoms with E-state index in [0.29, 0.717) is 36.6 Å². The third-order valence-electron chi connectivity index (χ3n) is 3.87. The van der Waals surface area contributed by atoms with Crippen LogP contribution in [0.3, 0.4) is 0 Å². The van der Waals surface area contributed by atoms with Crippen LogP contribution in [0.1, 0.15) is 46.6 Å². The van der Waals surface area contributed by atoms with Crippen molar-refractivity contribution in [2.24, 2.45) is 5.41 Å². The van der Waals surface area contributed by atoms with Crippen LogP contribution >= 0.6 is 11.6 Å². The molecule has 26 heavy (non-hydrogen) atoms. The maximum absolute atomic E-state index is 12.4. The Bertz CT molecular complexity index is 669. The van der Waals surface area contributed by atoms with Crippen molar-refractivity contribution in [1.82, 2.24) is 10.6 Å². The molecule has 5 nitrogen and oxygen atoms in total. The Labute approximate surface area is 161 Å². The van der Waals surface area contributed by atoms with Gasteiger partial charge in [0, 0.05) is 23.7 Å². The van der Waals surface area contributed by atoms with E-state index in [1.165, 1.54) is 0 Å². The highest BCUT2D eigenvalue weighted by atomic mass is 35.5. The summed E-state index contributed by atoms with van der Waals surface area (Å²) in [6.07, 6.45) is 1.55. The van der Waals surface area contributed by atoms with Crippen molar-refractivity contribution in [2.75, 3.05) is 13.2 Å². The van der Waals surface area contributed by atoms with Gasteiger partial charge in [-0.25, -0.2) is 0 Å². The number of ether oxygens (including phenoxy) is 1. The summed E-state index contributed by atoms with van der Waals surface area (Å²) in [7, 11) is 0. The van der Waals surface area contributed by atoms with E-state index in [1.54, 1.807) is 13.0 Å². The molecule has 0 fully saturated rings. The van der Waals surface area contributed by atoms with E-state index in [9.17, 15) is 9.59 Å². The number of aldehydes is 1. The Balaban J connectivity index is 2.86. The summed E-state index contributed by atoms with van der Waals surface area (Å²) in [6.45, 7) is 10.9. The maximum Gasteiger partial charge on any atom is 0.225 e. The number of halogens is 1. The zero-order valence-electron chi connectivity index (χ0n) is 16.2. The van der Waals surface area contributed by atoms with Crippen LogP contribution in [0.25, 0.3) is 0 Å². The molecule has 1 aromatic rings. The molecule has 144 valence electrons. The van der Waals surface area contributed by atoms with Gasteiger partial charge in [0.25, 0.3) is 0 Å². The molecule has 0 aliphatic heterocycles. The Kier molecular flexibility index (Phi) is 8.66. The summed E-state index contributed by atoms with van der Waals surface area (Å²) in [5.41, 5.74) is 1.56. The third-order valence-corrected chi connectivity index (χ3v) is 4.10. The van der Waals surface area contributed by atoms with Gasteiger partial charge in [-0.1, -0.05) is 25.4 Å². The van der Waals surface area contributed by atoms with Gasteiger partial charge in [0.1, 0.15) is 5.75 Å². The smallest absolute Gasteiger partial charge is 0.225 e. The van der Waals surface area contributed by atoms with Crippen molar-refractivity contribution in [3.8, 4) is 5.75 Å². The van der Waals surface area contributed by atoms with E-state index < -0.39 is 0 Å². The predicted molar refractivity (Wildman–Crippen MR) is 105 cm³/mol. The number of hydrogen-bond acceptors (Lipinski definition) is 4. The van der Waals surface area contributed by atoms with Gasteiger partial charge in [0.15, 0.2) is 6.29 Å². The molecule has 0 aliphatic rings. The molecule has 0 spiro atoms. The van der Waals surface area contributed by atoms with Gasteiger partial charge in [-0.2, -0.15) is 0 Å². The van der Waals surface area contributed by atoms with Crippen LogP contribution in [0.4, 0.5) is 0 Å². The Morgan fingerprint density at radius 2 is 2.00 bits per heavy atom. The largest absolute Gasteiger partial charge is 0.494 e. The van der Waals surface area contributed by atoms with Gasteiger partial charge >= 0.3 is 0 Å². The van der Waals surface area contributed by atoms with Crippen molar-refractivity contribution >= 4 is 23.8 Å². The zero-order chi connectivity index (χ0) is 19.7. The standard InChI is InChI=1S/C20H29ClN2O3/c1-6-22-14(3)17(13-24)23-19(25)12-20(4,5)11-15-10-16(21)8-9-18(15)26-7-2/h8-10,13,22H,6-7,11-12H2,1-5H3,(H,23,25)/b17-14+. The highest BCUT2D eigenvalue weighted by molar-refractivity contribution is 6.30. The molecule has 0 saturated heterocycles. The SMILES string of the molecule is CCN/C(C)=C(\C=O)NC(=O)CC(C)(C)Cc1cc(Cl)ccc1OCC. The van der Waals surface area contributed by atoms with Gasteiger partial charge in [-0.05, 0) is 56.4 Å². The van der Waals surface area contributed by atoms with E-state index in [2.05, 4.69) is 10.6 Å². The zero-order valence-corrected chi connectivity index (χ0v) is 17.0. The fourth-order valence-corrected chi connectivity index (χ4v) is 2.96. The molecule has 1 aromatic carbocycles. The highest BCUT2D eigenvalue weighted by Gasteiger charge is 2.25. The van der Waals surface area contributed by atoms with Crippen molar-refractivity contribution in [1.29, 1.82) is 0 Å². The summed E-state index contributed by atoms with van der Waals surface area (Å²) in [5.74, 6) is 0.580. The van der Waals surface area contributed by atoms with Crippen LogP contribution in [0.15, 0.2) is 29.6 Å². The van der Waals surface area contributed by atoms with E-state index in [0.717, 1.165) is 11.3 Å². The van der Waals surface area contributed by atoms with Crippen LogP contribution < -0.4 is 15.4 Å². The average molecular weight is 381 g/mol. The quantitative estimate of drug-likeness (QED) is 0.478. The average Bonchev–Trinajstić information content (AvgIpc) is 2.54. The van der Waals surface area contributed by atoms with Gasteiger partial charge in [-0.3, -0.25) is 9.59 Å². The fourth-order valence-electron chi connectivity index (χ4n) is 2.76. The maximum atomic E-state index is 12.4. The van der Waals surface area contributed by atoms with Gasteiger partial charge < -0.3 is 15.4 Å². The molecule has 0 heterocycles. The molecule has 2 N–H and O–H groups in total. The molecule has 0 saturated carbocycles. The number of amides is 1. The lowest BCUT2D eigenvalue weighted by atomic mass is 9.82. The van der Waals surface area contributed by atoms with Crippen molar-refractivity contribution in [3.05, 3.63) is 40.2 Å². The Hall–Kier alpha value is -2.01. The van der Waals surface area contributed by atoms with Gasteiger partial charge in [0.2, 0.25) is 5.91 Å². The molecule has 0 unspecified atom stereocenters. The van der Waals surface area contributed by atoms with E-state index in [1.807, 2.05) is 39.8 Å². The second-order valence-corrected chi connectivity index (χ2v) is 7.37. The molecule has 0 radical (unpaired) electrons. The first-order valence-corrected chi connectivity index (χ1v) is 9.21. The molecule has 6 heteroatoms. The minimum absolute atomic E-state index is 0.200. The van der Waals surface area contributed by atoms with E-state index in [4.69, 9.17) is 16.3 Å². The molecule has 0 aromatic heterocycles. The Morgan fingerprint density at radius 1 is 1.31 bits per heavy atom. The lowest BCUT2D eigenvalue weighted by molar-refractivity contribution is -0.123. The number of nitrogens with one attached hydrogen (secondary N) is 2. The molecular formula is C20H29ClN2O3. The fraction of sp³-hybridized carbons (Fsp3) is 0.500. The van der Waals surface area contributed by atoms with E-state index >= 15 is 0 Å². The predicted octanol–water partition coefficient (Wildman–Crippen LogP) is 3.85. The summed E-state index contributed by atoms with van der Waals surface area (Å²) >= 11 is 6.12. The summed E-state index contributed by atoms with van der Waals surface area (Å²) in [6, 6.07) is 5.52. The van der Waals surface area contributed by atoms with Crippen LogP contribution in [0, 0.1) is 5.41 Å². The van der Waals surface area contributed by atoms with Gasteiger partial charge in [-0.15, -0.1) is 0 Å². The minimum atomic E-state index is -0.333. The van der Waals surface area contributed by atoms with Crippen molar-refractivity contribution in [3.63, 3.8) is 0 Å². The first-order valence-electron chi connectivity index (χ1n) is 8.83. The molecule has 1 rings (SSSR count). The first kappa shape index (κ1) is 22.0. The topological polar surface area (TPSA) is 67.4 Å². The number of benzene rings is 1. The number of rotatable bonds is 10. The summed E-state index contributed by atoms with van der Waals surface area (Å²) in [5, 5.41) is 6.37. The molecule has 0 aliphatic carbocycles. The normalized spacial score (nSPS) is 12.2. The minimum Gasteiger partial charge on any atom is -0.494 e. The van der Waals surface area contributed by atoms with Crippen molar-refractivity contribution in [2.45, 2.75) is 47.5 Å². The van der Waals surface area contributed by atoms with Crippen LogP contribution in [-0.2, 0) is 16.0 Å². The number of carbonyl (C=O) groups is 2. The monoisotopic (exact) mass is 380 g/mol. The highest BCUT2D eigenvalue weighted by Crippen LogP contribution is 2.32. The van der Waals surface area contributed by atoms with Crippen LogP contribution in [-0.4, -0.2) is 25.3 Å². The number of allylic oxidation sites excluding steroid dienone is 2. The molecule has 0 atom stereocenters. The number of carbonyl (C=O) groups excluding carboxylic acids is 2. The summed E-state index contributed by atoms with van der Waals surface area (Å²) in [4.78, 5) is 23.6. The summed E-state index contributed by atoms with van der Waals surface area (Å²) < 4.78 is 5.66. The molecular weight excluding hydrogens is 352 g/mol. The third kappa shape index (κ3) is 7.08.